The maximum Gasteiger partial charge on any atom is 0.220 e. The summed E-state index contributed by atoms with van der Waals surface area (Å²) in [5, 5.41) is 3.05. The van der Waals surface area contributed by atoms with E-state index < -0.39 is 0 Å². The number of aryl methyl sites for hydroxylation is 2. The Morgan fingerprint density at radius 2 is 1.80 bits per heavy atom. The largest absolute Gasteiger partial charge is 0.493 e. The van der Waals surface area contributed by atoms with Crippen LogP contribution in [-0.2, 0) is 11.2 Å². The fraction of sp³-hybridized carbons (Fsp3) is 0.458. The maximum atomic E-state index is 12.3. The molecule has 1 N–H and O–H groups in total. The zero-order chi connectivity index (χ0) is 21.3. The summed E-state index contributed by atoms with van der Waals surface area (Å²) in [4.78, 5) is 17.1. The maximum absolute atomic E-state index is 12.3. The number of carbonyl (C=O) groups is 1. The number of anilines is 1. The number of ether oxygens (including phenoxy) is 2. The van der Waals surface area contributed by atoms with Crippen molar-refractivity contribution in [1.29, 1.82) is 0 Å². The third-order valence-electron chi connectivity index (χ3n) is 5.60. The number of nitrogens with zero attached hydrogens (tertiary/aromatic N) is 2. The van der Waals surface area contributed by atoms with Crippen molar-refractivity contribution in [3.8, 4) is 11.5 Å². The summed E-state index contributed by atoms with van der Waals surface area (Å²) in [5.41, 5.74) is 3.58. The van der Waals surface area contributed by atoms with Crippen LogP contribution in [0.4, 0.5) is 5.69 Å². The Balaban J connectivity index is 1.37. The van der Waals surface area contributed by atoms with E-state index in [4.69, 9.17) is 9.47 Å². The number of methoxy groups -OCH3 is 2. The van der Waals surface area contributed by atoms with Crippen LogP contribution in [-0.4, -0.2) is 64.3 Å². The lowest BCUT2D eigenvalue weighted by Crippen LogP contribution is -2.48. The number of benzene rings is 2. The van der Waals surface area contributed by atoms with Gasteiger partial charge in [-0.15, -0.1) is 0 Å². The van der Waals surface area contributed by atoms with Crippen LogP contribution in [0.1, 0.15) is 17.5 Å². The summed E-state index contributed by atoms with van der Waals surface area (Å²) in [6.45, 7) is 7.77. The molecule has 1 amide bonds. The van der Waals surface area contributed by atoms with Gasteiger partial charge in [0.15, 0.2) is 11.5 Å². The molecule has 3 rings (SSSR count). The van der Waals surface area contributed by atoms with E-state index in [1.807, 2.05) is 18.2 Å². The van der Waals surface area contributed by atoms with E-state index in [0.29, 0.717) is 30.9 Å². The summed E-state index contributed by atoms with van der Waals surface area (Å²) in [5.74, 6) is 1.47. The molecule has 6 nitrogen and oxygen atoms in total. The van der Waals surface area contributed by atoms with Gasteiger partial charge in [-0.3, -0.25) is 9.69 Å². The molecule has 1 saturated heterocycles. The molecule has 0 spiro atoms. The van der Waals surface area contributed by atoms with Crippen molar-refractivity contribution in [2.24, 2.45) is 0 Å². The van der Waals surface area contributed by atoms with Crippen molar-refractivity contribution in [3.63, 3.8) is 0 Å². The third kappa shape index (κ3) is 5.89. The normalized spacial score (nSPS) is 14.4. The highest BCUT2D eigenvalue weighted by atomic mass is 16.5. The zero-order valence-corrected chi connectivity index (χ0v) is 18.3. The molecule has 1 fully saturated rings. The number of hydrogen-bond donors (Lipinski definition) is 1. The zero-order valence-electron chi connectivity index (χ0n) is 18.3. The number of piperazine rings is 1. The molecule has 0 aliphatic carbocycles. The first-order valence-corrected chi connectivity index (χ1v) is 10.6. The molecule has 0 saturated carbocycles. The van der Waals surface area contributed by atoms with Crippen LogP contribution >= 0.6 is 0 Å². The van der Waals surface area contributed by atoms with Crippen molar-refractivity contribution in [2.75, 3.05) is 58.4 Å². The topological polar surface area (TPSA) is 54.0 Å². The van der Waals surface area contributed by atoms with Gasteiger partial charge in [-0.1, -0.05) is 24.3 Å². The fourth-order valence-electron chi connectivity index (χ4n) is 3.89. The number of carbonyl (C=O) groups excluding carboxylic acids is 1. The first kappa shape index (κ1) is 22.0. The van der Waals surface area contributed by atoms with E-state index in [-0.39, 0.29) is 5.91 Å². The van der Waals surface area contributed by atoms with E-state index in [1.54, 1.807) is 14.2 Å². The van der Waals surface area contributed by atoms with Crippen molar-refractivity contribution in [2.45, 2.75) is 19.8 Å². The van der Waals surface area contributed by atoms with Gasteiger partial charge in [0.2, 0.25) is 5.91 Å². The van der Waals surface area contributed by atoms with E-state index in [1.165, 1.54) is 11.3 Å². The lowest BCUT2D eigenvalue weighted by atomic mass is 10.1. The first-order chi connectivity index (χ1) is 14.6. The van der Waals surface area contributed by atoms with Crippen LogP contribution in [0.2, 0.25) is 0 Å². The molecule has 0 unspecified atom stereocenters. The molecule has 1 aliphatic heterocycles. The molecule has 0 radical (unpaired) electrons. The van der Waals surface area contributed by atoms with Crippen LogP contribution < -0.4 is 19.7 Å². The number of amides is 1. The summed E-state index contributed by atoms with van der Waals surface area (Å²) in [7, 11) is 3.25. The van der Waals surface area contributed by atoms with Crippen molar-refractivity contribution in [1.82, 2.24) is 10.2 Å². The molecule has 2 aromatic carbocycles. The summed E-state index contributed by atoms with van der Waals surface area (Å²) in [6, 6.07) is 14.4. The monoisotopic (exact) mass is 411 g/mol. The van der Waals surface area contributed by atoms with Crippen LogP contribution in [0.5, 0.6) is 11.5 Å². The molecule has 0 atom stereocenters. The molecular weight excluding hydrogens is 378 g/mol. The molecule has 0 aromatic heterocycles. The number of hydrogen-bond acceptors (Lipinski definition) is 5. The summed E-state index contributed by atoms with van der Waals surface area (Å²) < 4.78 is 10.8. The molecule has 1 aliphatic rings. The van der Waals surface area contributed by atoms with Gasteiger partial charge in [-0.05, 0) is 42.7 Å². The van der Waals surface area contributed by atoms with Crippen molar-refractivity contribution in [3.05, 3.63) is 53.6 Å². The lowest BCUT2D eigenvalue weighted by Gasteiger charge is -2.36. The third-order valence-corrected chi connectivity index (χ3v) is 5.60. The van der Waals surface area contributed by atoms with E-state index >= 15 is 0 Å². The Hall–Kier alpha value is -2.73. The highest BCUT2D eigenvalue weighted by Crippen LogP contribution is 2.31. The Bertz CT molecular complexity index is 832. The average molecular weight is 412 g/mol. The van der Waals surface area contributed by atoms with Gasteiger partial charge in [-0.25, -0.2) is 0 Å². The Morgan fingerprint density at radius 1 is 1.03 bits per heavy atom. The minimum atomic E-state index is 0.0678. The highest BCUT2D eigenvalue weighted by molar-refractivity contribution is 5.76. The Labute approximate surface area is 179 Å². The minimum absolute atomic E-state index is 0.0678. The SMILES string of the molecule is COc1cccc(CCC(=O)NCCN2CCN(c3cccc(C)c3)CC2)c1OC. The molecule has 1 heterocycles. The predicted octanol–water partition coefficient (Wildman–Crippen LogP) is 2.88. The molecule has 30 heavy (non-hydrogen) atoms. The van der Waals surface area contributed by atoms with Gasteiger partial charge in [0.1, 0.15) is 0 Å². The first-order valence-electron chi connectivity index (χ1n) is 10.6. The van der Waals surface area contributed by atoms with E-state index in [2.05, 4.69) is 46.3 Å². The summed E-state index contributed by atoms with van der Waals surface area (Å²) in [6.07, 6.45) is 1.06. The summed E-state index contributed by atoms with van der Waals surface area (Å²) >= 11 is 0. The van der Waals surface area contributed by atoms with Crippen LogP contribution in [0.3, 0.4) is 0 Å². The predicted molar refractivity (Wildman–Crippen MR) is 121 cm³/mol. The van der Waals surface area contributed by atoms with E-state index in [9.17, 15) is 4.79 Å². The molecule has 6 heteroatoms. The van der Waals surface area contributed by atoms with Gasteiger partial charge in [0.05, 0.1) is 14.2 Å². The van der Waals surface area contributed by atoms with Crippen LogP contribution in [0, 0.1) is 6.92 Å². The second-order valence-electron chi connectivity index (χ2n) is 7.67. The number of rotatable bonds is 9. The van der Waals surface area contributed by atoms with Crippen LogP contribution in [0.15, 0.2) is 42.5 Å². The quantitative estimate of drug-likeness (QED) is 0.688. The van der Waals surface area contributed by atoms with Gasteiger partial charge < -0.3 is 19.7 Å². The molecular formula is C24H33N3O3. The number of para-hydroxylation sites is 1. The number of nitrogens with one attached hydrogen (secondary N) is 1. The lowest BCUT2D eigenvalue weighted by molar-refractivity contribution is -0.121. The van der Waals surface area contributed by atoms with Crippen molar-refractivity contribution >= 4 is 11.6 Å². The minimum Gasteiger partial charge on any atom is -0.493 e. The molecule has 162 valence electrons. The van der Waals surface area contributed by atoms with E-state index in [0.717, 1.165) is 38.3 Å². The Kier molecular flexibility index (Phi) is 7.97. The van der Waals surface area contributed by atoms with Gasteiger partial charge in [-0.2, -0.15) is 0 Å². The Morgan fingerprint density at radius 3 is 2.50 bits per heavy atom. The van der Waals surface area contributed by atoms with Gasteiger partial charge >= 0.3 is 0 Å². The molecule has 0 bridgehead atoms. The smallest absolute Gasteiger partial charge is 0.220 e. The average Bonchev–Trinajstić information content (AvgIpc) is 2.77. The second kappa shape index (κ2) is 10.9. The van der Waals surface area contributed by atoms with Crippen molar-refractivity contribution < 1.29 is 14.3 Å². The standard InChI is InChI=1S/C24H33N3O3/c1-19-6-4-8-21(18-19)27-16-14-26(15-17-27)13-12-25-23(28)11-10-20-7-5-9-22(29-2)24(20)30-3/h4-9,18H,10-17H2,1-3H3,(H,25,28). The molecule has 2 aromatic rings. The second-order valence-corrected chi connectivity index (χ2v) is 7.67. The van der Waals surface area contributed by atoms with Crippen LogP contribution in [0.25, 0.3) is 0 Å². The van der Waals surface area contributed by atoms with Gasteiger partial charge in [0.25, 0.3) is 0 Å². The van der Waals surface area contributed by atoms with Gasteiger partial charge in [0, 0.05) is 51.4 Å². The highest BCUT2D eigenvalue weighted by Gasteiger charge is 2.17. The fourth-order valence-corrected chi connectivity index (χ4v) is 3.89.